The maximum absolute atomic E-state index is 13.7. The number of ketones is 1. The predicted molar refractivity (Wildman–Crippen MR) is 180 cm³/mol. The minimum atomic E-state index is -0.344. The van der Waals surface area contributed by atoms with E-state index in [-0.39, 0.29) is 17.3 Å². The number of rotatable bonds is 9. The summed E-state index contributed by atoms with van der Waals surface area (Å²) in [4.78, 5) is 30.8. The number of nitrogens with zero attached hydrogens (tertiary/aromatic N) is 4. The van der Waals surface area contributed by atoms with Gasteiger partial charge in [-0.3, -0.25) is 9.59 Å². The highest BCUT2D eigenvalue weighted by atomic mass is 35.5. The molecule has 2 aromatic carbocycles. The number of aromatic nitrogens is 3. The Morgan fingerprint density at radius 1 is 1.13 bits per heavy atom. The number of imidazole rings is 1. The summed E-state index contributed by atoms with van der Waals surface area (Å²) in [7, 11) is 3.69. The van der Waals surface area contributed by atoms with Gasteiger partial charge in [-0.1, -0.05) is 23.7 Å². The van der Waals surface area contributed by atoms with Gasteiger partial charge in [0.2, 0.25) is 11.7 Å². The summed E-state index contributed by atoms with van der Waals surface area (Å²) in [6.07, 6.45) is 11.3. The number of methoxy groups -OCH3 is 1. The number of anilines is 1. The molecule has 10 heteroatoms. The lowest BCUT2D eigenvalue weighted by Gasteiger charge is -2.27. The fraction of sp³-hybridized carbons (Fsp3) is 0.278. The van der Waals surface area contributed by atoms with Gasteiger partial charge in [0, 0.05) is 55.7 Å². The third-order valence-electron chi connectivity index (χ3n) is 8.81. The smallest absolute Gasteiger partial charge is 0.248 e. The molecule has 9 nitrogen and oxygen atoms in total. The summed E-state index contributed by atoms with van der Waals surface area (Å²) < 4.78 is 9.19. The quantitative estimate of drug-likeness (QED) is 0.140. The monoisotopic (exact) mass is 634 g/mol. The Morgan fingerprint density at radius 2 is 1.93 bits per heavy atom. The van der Waals surface area contributed by atoms with Crippen LogP contribution in [0.5, 0.6) is 0 Å². The average Bonchev–Trinajstić information content (AvgIpc) is 3.67. The van der Waals surface area contributed by atoms with Crippen LogP contribution in [0.15, 0.2) is 73.2 Å². The Kier molecular flexibility index (Phi) is 9.04. The number of nitrogens with one attached hydrogen (secondary N) is 2. The number of halogens is 1. The second kappa shape index (κ2) is 13.3. The standard InChI is InChI=1S/C36H35ClN6O3/c1-22-18-31-35(40-21-42(31)2)34(37)33(22)27-6-5-17-43-29(27)14-15-30(43)36(45)23-8-13-28(24(19-23)20-38)41-32(44)7-4-16-39-25-9-11-26(46-3)12-10-25/h4-8,13-15,17-19,21,25-26,39H,9-12,16H2,1-3H3,(H,41,44)/b7-4+/t25-,26-. The zero-order valence-electron chi connectivity index (χ0n) is 26.0. The maximum Gasteiger partial charge on any atom is 0.248 e. The lowest BCUT2D eigenvalue weighted by Crippen LogP contribution is -2.35. The zero-order chi connectivity index (χ0) is 32.4. The minimum absolute atomic E-state index is 0.202. The van der Waals surface area contributed by atoms with Crippen LogP contribution in [0.3, 0.4) is 0 Å². The van der Waals surface area contributed by atoms with Gasteiger partial charge in [-0.2, -0.15) is 5.26 Å². The first kappa shape index (κ1) is 31.2. The second-order valence-corrected chi connectivity index (χ2v) is 12.1. The molecule has 6 rings (SSSR count). The number of aryl methyl sites for hydroxylation is 2. The summed E-state index contributed by atoms with van der Waals surface area (Å²) in [5.74, 6) is -0.594. The highest BCUT2D eigenvalue weighted by molar-refractivity contribution is 6.38. The topological polar surface area (TPSA) is 113 Å². The molecule has 1 aliphatic carbocycles. The van der Waals surface area contributed by atoms with Gasteiger partial charge in [0.25, 0.3) is 0 Å². The molecule has 0 saturated heterocycles. The average molecular weight is 635 g/mol. The van der Waals surface area contributed by atoms with Gasteiger partial charge in [0.05, 0.1) is 45.4 Å². The van der Waals surface area contributed by atoms with E-state index in [1.807, 2.05) is 47.3 Å². The van der Waals surface area contributed by atoms with Crippen LogP contribution in [0.2, 0.25) is 5.02 Å². The summed E-state index contributed by atoms with van der Waals surface area (Å²) in [6.45, 7) is 2.59. The van der Waals surface area contributed by atoms with Crippen molar-refractivity contribution in [2.45, 2.75) is 44.8 Å². The van der Waals surface area contributed by atoms with Crippen LogP contribution in [-0.2, 0) is 16.6 Å². The zero-order valence-corrected chi connectivity index (χ0v) is 26.8. The van der Waals surface area contributed by atoms with Gasteiger partial charge in [0.15, 0.2) is 0 Å². The summed E-state index contributed by atoms with van der Waals surface area (Å²) in [6, 6.07) is 16.9. The van der Waals surface area contributed by atoms with Crippen molar-refractivity contribution < 1.29 is 14.3 Å². The van der Waals surface area contributed by atoms with Gasteiger partial charge in [-0.25, -0.2) is 4.98 Å². The fourth-order valence-electron chi connectivity index (χ4n) is 6.33. The molecule has 3 heterocycles. The van der Waals surface area contributed by atoms with Crippen molar-refractivity contribution in [3.8, 4) is 17.2 Å². The number of hydrogen-bond donors (Lipinski definition) is 2. The highest BCUT2D eigenvalue weighted by Gasteiger charge is 2.21. The largest absolute Gasteiger partial charge is 0.381 e. The Morgan fingerprint density at radius 3 is 2.70 bits per heavy atom. The highest BCUT2D eigenvalue weighted by Crippen LogP contribution is 2.39. The number of amides is 1. The van der Waals surface area contributed by atoms with E-state index in [9.17, 15) is 14.9 Å². The number of hydrogen-bond acceptors (Lipinski definition) is 6. The molecule has 0 spiro atoms. The Labute approximate surface area is 272 Å². The van der Waals surface area contributed by atoms with E-state index in [1.54, 1.807) is 37.7 Å². The molecule has 3 aromatic heterocycles. The Hall–Kier alpha value is -4.75. The van der Waals surface area contributed by atoms with Gasteiger partial charge < -0.3 is 24.3 Å². The number of fused-ring (bicyclic) bond motifs is 2. The molecule has 0 unspecified atom stereocenters. The van der Waals surface area contributed by atoms with Crippen molar-refractivity contribution in [2.75, 3.05) is 19.0 Å². The molecule has 5 aromatic rings. The van der Waals surface area contributed by atoms with Crippen LogP contribution in [0.4, 0.5) is 5.69 Å². The van der Waals surface area contributed by atoms with Crippen molar-refractivity contribution in [3.05, 3.63) is 101 Å². The number of carbonyl (C=O) groups excluding carboxylic acids is 2. The van der Waals surface area contributed by atoms with E-state index in [1.165, 1.54) is 12.1 Å². The van der Waals surface area contributed by atoms with Crippen molar-refractivity contribution in [3.63, 3.8) is 0 Å². The van der Waals surface area contributed by atoms with Crippen LogP contribution < -0.4 is 10.6 Å². The normalized spacial score (nSPS) is 16.7. The molecule has 1 amide bonds. The summed E-state index contributed by atoms with van der Waals surface area (Å²) >= 11 is 6.90. The molecular weight excluding hydrogens is 600 g/mol. The lowest BCUT2D eigenvalue weighted by molar-refractivity contribution is -0.111. The third kappa shape index (κ3) is 6.07. The van der Waals surface area contributed by atoms with E-state index >= 15 is 0 Å². The molecule has 234 valence electrons. The molecule has 1 saturated carbocycles. The predicted octanol–water partition coefficient (Wildman–Crippen LogP) is 6.60. The van der Waals surface area contributed by atoms with Gasteiger partial charge in [-0.15, -0.1) is 0 Å². The van der Waals surface area contributed by atoms with Crippen LogP contribution in [0.1, 0.15) is 52.9 Å². The number of benzene rings is 2. The summed E-state index contributed by atoms with van der Waals surface area (Å²) in [5.41, 5.74) is 6.55. The molecule has 2 N–H and O–H groups in total. The number of pyridine rings is 1. The van der Waals surface area contributed by atoms with E-state index < -0.39 is 0 Å². The van der Waals surface area contributed by atoms with E-state index in [0.29, 0.717) is 40.7 Å². The third-order valence-corrected chi connectivity index (χ3v) is 9.18. The van der Waals surface area contributed by atoms with Crippen LogP contribution in [-0.4, -0.2) is 51.4 Å². The number of ether oxygens (including phenoxy) is 1. The Balaban J connectivity index is 1.18. The van der Waals surface area contributed by atoms with E-state index in [4.69, 9.17) is 16.3 Å². The molecule has 0 radical (unpaired) electrons. The molecule has 1 fully saturated rings. The maximum atomic E-state index is 13.7. The Bertz CT molecular complexity index is 2030. The van der Waals surface area contributed by atoms with Crippen molar-refractivity contribution in [1.82, 2.24) is 19.3 Å². The van der Waals surface area contributed by atoms with Gasteiger partial charge in [-0.05, 0) is 80.6 Å². The lowest BCUT2D eigenvalue weighted by atomic mass is 9.93. The van der Waals surface area contributed by atoms with Crippen molar-refractivity contribution in [2.24, 2.45) is 7.05 Å². The summed E-state index contributed by atoms with van der Waals surface area (Å²) in [5, 5.41) is 16.6. The van der Waals surface area contributed by atoms with Crippen molar-refractivity contribution >= 4 is 45.5 Å². The van der Waals surface area contributed by atoms with Gasteiger partial charge in [0.1, 0.15) is 11.6 Å². The molecule has 1 aliphatic rings. The fourth-order valence-corrected chi connectivity index (χ4v) is 6.72. The van der Waals surface area contributed by atoms with Crippen LogP contribution >= 0.6 is 11.6 Å². The number of nitriles is 1. The van der Waals surface area contributed by atoms with E-state index in [0.717, 1.165) is 58.9 Å². The SMILES string of the molecule is CO[C@H]1CC[C@H](NC/C=C/C(=O)Nc2ccc(C(=O)c3ccc4c(-c5c(C)cc6c(ncn6C)c5Cl)cccn34)cc2C#N)CC1. The molecule has 0 atom stereocenters. The molecule has 0 bridgehead atoms. The van der Waals surface area contributed by atoms with E-state index in [2.05, 4.69) is 27.8 Å². The first-order valence-corrected chi connectivity index (χ1v) is 15.7. The second-order valence-electron chi connectivity index (χ2n) is 11.7. The molecular formula is C36H35ClN6O3. The van der Waals surface area contributed by atoms with Crippen LogP contribution in [0.25, 0.3) is 27.7 Å². The number of carbonyl (C=O) groups is 2. The van der Waals surface area contributed by atoms with Crippen LogP contribution in [0, 0.1) is 18.3 Å². The first-order valence-electron chi connectivity index (χ1n) is 15.3. The molecule has 46 heavy (non-hydrogen) atoms. The molecule has 0 aliphatic heterocycles. The minimum Gasteiger partial charge on any atom is -0.381 e. The first-order chi connectivity index (χ1) is 22.3. The van der Waals surface area contributed by atoms with Crippen molar-refractivity contribution in [1.29, 1.82) is 5.26 Å². The van der Waals surface area contributed by atoms with Gasteiger partial charge >= 0.3 is 0 Å².